The lowest BCUT2D eigenvalue weighted by molar-refractivity contribution is -0.142. The molecule has 1 aromatic heterocycles. The van der Waals surface area contributed by atoms with E-state index in [9.17, 15) is 19.2 Å². The first-order valence-corrected chi connectivity index (χ1v) is 13.9. The number of fused-ring (bicyclic) bond motifs is 1. The number of unbranched alkanes of at least 4 members (excludes halogenated alkanes) is 1. The van der Waals surface area contributed by atoms with E-state index < -0.39 is 17.9 Å². The molecular weight excluding hydrogens is 484 g/mol. The molecule has 38 heavy (non-hydrogen) atoms. The zero-order chi connectivity index (χ0) is 27.3. The Hall–Kier alpha value is -3.36. The minimum absolute atomic E-state index is 0.154. The number of esters is 1. The molecule has 208 valence electrons. The van der Waals surface area contributed by atoms with Crippen LogP contribution in [0.5, 0.6) is 0 Å². The van der Waals surface area contributed by atoms with Gasteiger partial charge in [0, 0.05) is 23.6 Å². The van der Waals surface area contributed by atoms with Crippen LogP contribution in [0.15, 0.2) is 30.5 Å². The van der Waals surface area contributed by atoms with Gasteiger partial charge in [0.1, 0.15) is 12.6 Å². The van der Waals surface area contributed by atoms with Gasteiger partial charge in [-0.3, -0.25) is 19.2 Å². The number of ether oxygens (including phenoxy) is 1. The summed E-state index contributed by atoms with van der Waals surface area (Å²) in [5, 5.41) is 6.47. The molecular formula is C29H42N4O5. The molecule has 9 nitrogen and oxygen atoms in total. The van der Waals surface area contributed by atoms with Gasteiger partial charge in [-0.25, -0.2) is 0 Å². The Balaban J connectivity index is 1.69. The van der Waals surface area contributed by atoms with Gasteiger partial charge in [0.25, 0.3) is 0 Å². The molecule has 0 spiro atoms. The van der Waals surface area contributed by atoms with Gasteiger partial charge in [-0.1, -0.05) is 70.1 Å². The van der Waals surface area contributed by atoms with Crippen LogP contribution in [0.3, 0.4) is 0 Å². The minimum atomic E-state index is -0.715. The molecule has 1 saturated carbocycles. The van der Waals surface area contributed by atoms with Crippen LogP contribution in [-0.2, 0) is 30.3 Å². The van der Waals surface area contributed by atoms with E-state index in [4.69, 9.17) is 0 Å². The number of hydrogen-bond acceptors (Lipinski definition) is 5. The van der Waals surface area contributed by atoms with Gasteiger partial charge in [0.05, 0.1) is 20.1 Å². The fraction of sp³-hybridized carbons (Fsp3) is 0.586. The summed E-state index contributed by atoms with van der Waals surface area (Å²) in [4.78, 5) is 55.6. The van der Waals surface area contributed by atoms with Gasteiger partial charge < -0.3 is 25.3 Å². The number of benzene rings is 1. The Morgan fingerprint density at radius 1 is 1.11 bits per heavy atom. The molecule has 0 bridgehead atoms. The second-order valence-electron chi connectivity index (χ2n) is 10.2. The molecule has 2 aromatic rings. The van der Waals surface area contributed by atoms with Crippen molar-refractivity contribution in [2.75, 3.05) is 26.7 Å². The highest BCUT2D eigenvalue weighted by Gasteiger charge is 2.28. The molecule has 3 amide bonds. The van der Waals surface area contributed by atoms with Crippen molar-refractivity contribution in [3.63, 3.8) is 0 Å². The average molecular weight is 527 g/mol. The van der Waals surface area contributed by atoms with Crippen LogP contribution >= 0.6 is 0 Å². The molecule has 0 aliphatic heterocycles. The fourth-order valence-electron chi connectivity index (χ4n) is 5.14. The predicted octanol–water partition coefficient (Wildman–Crippen LogP) is 3.47. The molecule has 1 aliphatic rings. The van der Waals surface area contributed by atoms with Crippen molar-refractivity contribution in [1.82, 2.24) is 20.5 Å². The summed E-state index contributed by atoms with van der Waals surface area (Å²) in [6, 6.07) is 7.08. The molecule has 0 saturated heterocycles. The van der Waals surface area contributed by atoms with Crippen LogP contribution < -0.4 is 10.6 Å². The number of carbonyl (C=O) groups excluding carboxylic acids is 4. The molecule has 1 atom stereocenters. The van der Waals surface area contributed by atoms with E-state index >= 15 is 0 Å². The fourth-order valence-corrected chi connectivity index (χ4v) is 5.14. The van der Waals surface area contributed by atoms with Gasteiger partial charge in [-0.2, -0.15) is 0 Å². The van der Waals surface area contributed by atoms with Crippen LogP contribution in [-0.4, -0.2) is 66.4 Å². The summed E-state index contributed by atoms with van der Waals surface area (Å²) in [5.41, 5.74) is 1.83. The van der Waals surface area contributed by atoms with Crippen molar-refractivity contribution >= 4 is 34.6 Å². The van der Waals surface area contributed by atoms with E-state index in [0.717, 1.165) is 48.6 Å². The van der Waals surface area contributed by atoms with Crippen molar-refractivity contribution in [3.05, 3.63) is 36.0 Å². The smallest absolute Gasteiger partial charge is 0.325 e. The average Bonchev–Trinajstić information content (AvgIpc) is 3.34. The number of amides is 3. The third-order valence-electron chi connectivity index (χ3n) is 7.34. The highest BCUT2D eigenvalue weighted by molar-refractivity contribution is 5.93. The monoisotopic (exact) mass is 526 g/mol. The number of nitrogens with zero attached hydrogens (tertiary/aromatic N) is 1. The normalized spacial score (nSPS) is 14.6. The van der Waals surface area contributed by atoms with Gasteiger partial charge in [-0.05, 0) is 30.4 Å². The van der Waals surface area contributed by atoms with Crippen LogP contribution in [0.1, 0.15) is 70.3 Å². The summed E-state index contributed by atoms with van der Waals surface area (Å²) >= 11 is 0. The van der Waals surface area contributed by atoms with E-state index in [1.165, 1.54) is 26.4 Å². The molecule has 1 aromatic carbocycles. The molecule has 1 heterocycles. The highest BCUT2D eigenvalue weighted by atomic mass is 16.5. The Morgan fingerprint density at radius 2 is 1.87 bits per heavy atom. The first-order valence-electron chi connectivity index (χ1n) is 13.9. The zero-order valence-corrected chi connectivity index (χ0v) is 22.7. The van der Waals surface area contributed by atoms with Crippen molar-refractivity contribution in [1.29, 1.82) is 0 Å². The van der Waals surface area contributed by atoms with Crippen LogP contribution in [0, 0.1) is 5.92 Å². The van der Waals surface area contributed by atoms with Crippen molar-refractivity contribution in [2.24, 2.45) is 5.92 Å². The number of carbonyl (C=O) groups is 4. The topological polar surface area (TPSA) is 121 Å². The standard InChI is InChI=1S/C29H42N4O5/c1-3-4-13-25(32-26(34)17-22-18-30-24-14-9-8-12-23(22)24)29(37)33(16-15-21-10-6-5-7-11-21)20-27(35)31-19-28(36)38-2/h8-9,12,14,18,21,25,30H,3-7,10-11,13,15-17,19-20H2,1-2H3,(H,31,35)(H,32,34)/t25-/m0/s1. The maximum absolute atomic E-state index is 13.7. The first kappa shape index (κ1) is 29.2. The molecule has 1 fully saturated rings. The third kappa shape index (κ3) is 8.89. The summed E-state index contributed by atoms with van der Waals surface area (Å²) < 4.78 is 4.59. The number of methoxy groups -OCH3 is 1. The lowest BCUT2D eigenvalue weighted by Crippen LogP contribution is -2.52. The maximum atomic E-state index is 13.7. The first-order chi connectivity index (χ1) is 18.4. The van der Waals surface area contributed by atoms with Crippen LogP contribution in [0.4, 0.5) is 0 Å². The maximum Gasteiger partial charge on any atom is 0.325 e. The lowest BCUT2D eigenvalue weighted by atomic mass is 9.87. The van der Waals surface area contributed by atoms with Gasteiger partial charge in [0.15, 0.2) is 0 Å². The number of hydrogen-bond donors (Lipinski definition) is 3. The summed E-state index contributed by atoms with van der Waals surface area (Å²) in [6.07, 6.45) is 10.9. The molecule has 9 heteroatoms. The van der Waals surface area contributed by atoms with E-state index in [1.807, 2.05) is 37.4 Å². The summed E-state index contributed by atoms with van der Waals surface area (Å²) in [5.74, 6) is -0.931. The van der Waals surface area contributed by atoms with E-state index in [-0.39, 0.29) is 31.3 Å². The molecule has 3 rings (SSSR count). The molecule has 3 N–H and O–H groups in total. The van der Waals surface area contributed by atoms with Crippen LogP contribution in [0.2, 0.25) is 0 Å². The summed E-state index contributed by atoms with van der Waals surface area (Å²) in [6.45, 7) is 2.07. The number of rotatable bonds is 14. The third-order valence-corrected chi connectivity index (χ3v) is 7.34. The Bertz CT molecular complexity index is 1080. The molecule has 0 unspecified atom stereocenters. The largest absolute Gasteiger partial charge is 0.468 e. The number of nitrogens with one attached hydrogen (secondary N) is 3. The van der Waals surface area contributed by atoms with Crippen LogP contribution in [0.25, 0.3) is 10.9 Å². The SMILES string of the molecule is CCCC[C@H](NC(=O)Cc1c[nH]c2ccccc12)C(=O)N(CCC1CCCCC1)CC(=O)NCC(=O)OC. The van der Waals surface area contributed by atoms with Crippen molar-refractivity contribution in [3.8, 4) is 0 Å². The minimum Gasteiger partial charge on any atom is -0.468 e. The van der Waals surface area contributed by atoms with Gasteiger partial charge in [0.2, 0.25) is 17.7 Å². The van der Waals surface area contributed by atoms with E-state index in [2.05, 4.69) is 20.4 Å². The Kier molecular flexibility index (Phi) is 11.6. The van der Waals surface area contributed by atoms with Crippen molar-refractivity contribution < 1.29 is 23.9 Å². The van der Waals surface area contributed by atoms with Gasteiger partial charge in [-0.15, -0.1) is 0 Å². The number of aromatic nitrogens is 1. The van der Waals surface area contributed by atoms with E-state index in [1.54, 1.807) is 4.90 Å². The van der Waals surface area contributed by atoms with Gasteiger partial charge >= 0.3 is 5.97 Å². The molecule has 1 aliphatic carbocycles. The Morgan fingerprint density at radius 3 is 2.61 bits per heavy atom. The zero-order valence-electron chi connectivity index (χ0n) is 22.7. The second-order valence-corrected chi connectivity index (χ2v) is 10.2. The molecule has 0 radical (unpaired) electrons. The Labute approximate surface area is 225 Å². The van der Waals surface area contributed by atoms with Crippen molar-refractivity contribution in [2.45, 2.75) is 77.2 Å². The number of H-pyrrole nitrogens is 1. The quantitative estimate of drug-likeness (QED) is 0.326. The predicted molar refractivity (Wildman–Crippen MR) is 146 cm³/mol. The highest BCUT2D eigenvalue weighted by Crippen LogP contribution is 2.26. The van der Waals surface area contributed by atoms with E-state index in [0.29, 0.717) is 18.9 Å². The summed E-state index contributed by atoms with van der Waals surface area (Å²) in [7, 11) is 1.26. The lowest BCUT2D eigenvalue weighted by Gasteiger charge is -2.30. The second kappa shape index (κ2) is 15.1. The number of para-hydroxylation sites is 1. The number of aromatic amines is 1.